The van der Waals surface area contributed by atoms with Gasteiger partial charge in [0.25, 0.3) is 5.91 Å². The van der Waals surface area contributed by atoms with E-state index in [-0.39, 0.29) is 23.6 Å². The second kappa shape index (κ2) is 10.2. The van der Waals surface area contributed by atoms with Gasteiger partial charge in [-0.15, -0.1) is 10.2 Å². The van der Waals surface area contributed by atoms with Crippen molar-refractivity contribution in [2.24, 2.45) is 0 Å². The molecule has 1 heterocycles. The number of halogens is 1. The van der Waals surface area contributed by atoms with Crippen LogP contribution < -0.4 is 5.32 Å². The molecule has 6 nitrogen and oxygen atoms in total. The van der Waals surface area contributed by atoms with Gasteiger partial charge in [-0.3, -0.25) is 14.2 Å². The fourth-order valence-corrected chi connectivity index (χ4v) is 4.13. The smallest absolute Gasteiger partial charge is 0.251 e. The maximum absolute atomic E-state index is 13.5. The summed E-state index contributed by atoms with van der Waals surface area (Å²) in [5.41, 5.74) is 2.73. The molecule has 0 atom stereocenters. The van der Waals surface area contributed by atoms with Crippen LogP contribution in [0.15, 0.2) is 84.0 Å². The molecule has 0 aliphatic carbocycles. The minimum Gasteiger partial charge on any atom is -0.345 e. The van der Waals surface area contributed by atoms with Crippen molar-refractivity contribution in [1.29, 1.82) is 0 Å². The van der Waals surface area contributed by atoms with E-state index in [0.717, 1.165) is 11.3 Å². The first-order chi connectivity index (χ1) is 16.0. The quantitative estimate of drug-likeness (QED) is 0.307. The molecule has 0 aliphatic heterocycles. The molecular formula is C25H21FN4O2S. The van der Waals surface area contributed by atoms with Gasteiger partial charge in [-0.25, -0.2) is 4.39 Å². The molecule has 0 radical (unpaired) electrons. The normalized spacial score (nSPS) is 10.7. The van der Waals surface area contributed by atoms with Crippen LogP contribution in [0.1, 0.15) is 32.1 Å². The van der Waals surface area contributed by atoms with Gasteiger partial charge in [-0.1, -0.05) is 60.3 Å². The van der Waals surface area contributed by atoms with Crippen LogP contribution in [-0.2, 0) is 6.54 Å². The number of amides is 1. The summed E-state index contributed by atoms with van der Waals surface area (Å²) in [5, 5.41) is 11.8. The molecule has 1 amide bonds. The molecule has 3 aromatic carbocycles. The Hall–Kier alpha value is -3.78. The van der Waals surface area contributed by atoms with Crippen molar-refractivity contribution < 1.29 is 14.0 Å². The van der Waals surface area contributed by atoms with Crippen LogP contribution in [0.3, 0.4) is 0 Å². The number of aryl methyl sites for hydroxylation is 1. The lowest BCUT2D eigenvalue weighted by atomic mass is 10.2. The number of rotatable bonds is 8. The number of benzene rings is 3. The molecule has 0 saturated heterocycles. The Morgan fingerprint density at radius 2 is 1.70 bits per heavy atom. The van der Waals surface area contributed by atoms with Gasteiger partial charge in [0.15, 0.2) is 16.8 Å². The molecule has 0 spiro atoms. The first kappa shape index (κ1) is 22.4. The maximum atomic E-state index is 13.5. The summed E-state index contributed by atoms with van der Waals surface area (Å²) in [4.78, 5) is 25.0. The van der Waals surface area contributed by atoms with Crippen molar-refractivity contribution in [1.82, 2.24) is 20.1 Å². The van der Waals surface area contributed by atoms with Gasteiger partial charge in [0.2, 0.25) is 0 Å². The molecular weight excluding hydrogens is 439 g/mol. The number of aromatic nitrogens is 3. The molecule has 0 unspecified atom stereocenters. The summed E-state index contributed by atoms with van der Waals surface area (Å²) in [5.74, 6) is -0.210. The van der Waals surface area contributed by atoms with E-state index >= 15 is 0 Å². The molecule has 0 aliphatic rings. The van der Waals surface area contributed by atoms with Crippen LogP contribution in [0, 0.1) is 12.7 Å². The first-order valence-electron chi connectivity index (χ1n) is 10.3. The molecule has 0 saturated carbocycles. The Labute approximate surface area is 194 Å². The molecule has 4 aromatic rings. The van der Waals surface area contributed by atoms with Gasteiger partial charge >= 0.3 is 0 Å². The topological polar surface area (TPSA) is 76.9 Å². The number of hydrogen-bond acceptors (Lipinski definition) is 5. The predicted molar refractivity (Wildman–Crippen MR) is 125 cm³/mol. The third kappa shape index (κ3) is 5.53. The van der Waals surface area contributed by atoms with E-state index < -0.39 is 11.7 Å². The number of carbonyl (C=O) groups is 2. The number of nitrogens with one attached hydrogen (secondary N) is 1. The average molecular weight is 461 g/mol. The van der Waals surface area contributed by atoms with Crippen LogP contribution in [0.2, 0.25) is 0 Å². The molecule has 0 bridgehead atoms. The van der Waals surface area contributed by atoms with Gasteiger partial charge in [-0.2, -0.15) is 0 Å². The number of Topliss-reactive ketones (excluding diaryl/α,β-unsaturated/α-hetero) is 1. The number of hydrogen-bond donors (Lipinski definition) is 1. The Morgan fingerprint density at radius 3 is 2.45 bits per heavy atom. The Kier molecular flexibility index (Phi) is 6.95. The minimum absolute atomic E-state index is 0.0136. The second-order valence-electron chi connectivity index (χ2n) is 7.34. The SMILES string of the molecule is Cc1cccc(-n2c(CNC(=O)c3cccc(F)c3)nnc2SCC(=O)c2ccccc2)c1. The van der Waals surface area contributed by atoms with Crippen molar-refractivity contribution in [3.63, 3.8) is 0 Å². The van der Waals surface area contributed by atoms with Gasteiger partial charge in [-0.05, 0) is 42.8 Å². The molecule has 4 rings (SSSR count). The monoisotopic (exact) mass is 460 g/mol. The van der Waals surface area contributed by atoms with Crippen LogP contribution in [0.25, 0.3) is 5.69 Å². The van der Waals surface area contributed by atoms with Crippen molar-refractivity contribution >= 4 is 23.5 Å². The highest BCUT2D eigenvalue weighted by molar-refractivity contribution is 7.99. The van der Waals surface area contributed by atoms with Crippen molar-refractivity contribution in [2.75, 3.05) is 5.75 Å². The Balaban J connectivity index is 1.56. The van der Waals surface area contributed by atoms with Crippen LogP contribution >= 0.6 is 11.8 Å². The first-order valence-corrected chi connectivity index (χ1v) is 11.3. The van der Waals surface area contributed by atoms with Gasteiger partial charge in [0, 0.05) is 16.8 Å². The summed E-state index contributed by atoms with van der Waals surface area (Å²) < 4.78 is 15.3. The minimum atomic E-state index is -0.479. The third-order valence-corrected chi connectivity index (χ3v) is 5.81. The number of carbonyl (C=O) groups excluding carboxylic acids is 2. The summed E-state index contributed by atoms with van der Waals surface area (Å²) in [6.45, 7) is 2.06. The molecule has 166 valence electrons. The van der Waals surface area contributed by atoms with Crippen molar-refractivity contribution in [3.8, 4) is 5.69 Å². The van der Waals surface area contributed by atoms with E-state index in [9.17, 15) is 14.0 Å². The fourth-order valence-electron chi connectivity index (χ4n) is 3.26. The van der Waals surface area contributed by atoms with Crippen LogP contribution in [-0.4, -0.2) is 32.2 Å². The highest BCUT2D eigenvalue weighted by Crippen LogP contribution is 2.24. The van der Waals surface area contributed by atoms with E-state index in [0.29, 0.717) is 16.5 Å². The summed E-state index contributed by atoms with van der Waals surface area (Å²) in [6.07, 6.45) is 0. The molecule has 8 heteroatoms. The average Bonchev–Trinajstić information content (AvgIpc) is 3.24. The zero-order chi connectivity index (χ0) is 23.2. The molecule has 33 heavy (non-hydrogen) atoms. The number of thioether (sulfide) groups is 1. The summed E-state index contributed by atoms with van der Waals surface area (Å²) in [6, 6.07) is 22.3. The molecule has 1 N–H and O–H groups in total. The standard InChI is InChI=1S/C25H21FN4O2S/c1-17-7-5-12-21(13-17)30-23(15-27-24(32)19-10-6-11-20(26)14-19)28-29-25(30)33-16-22(31)18-8-3-2-4-9-18/h2-14H,15-16H2,1H3,(H,27,32). The van der Waals surface area contributed by atoms with Gasteiger partial charge < -0.3 is 5.32 Å². The highest BCUT2D eigenvalue weighted by Gasteiger charge is 2.18. The van der Waals surface area contributed by atoms with E-state index in [1.807, 2.05) is 54.0 Å². The molecule has 0 fully saturated rings. The van der Waals surface area contributed by atoms with Crippen molar-refractivity contribution in [3.05, 3.63) is 107 Å². The van der Waals surface area contributed by atoms with Crippen LogP contribution in [0.4, 0.5) is 4.39 Å². The lowest BCUT2D eigenvalue weighted by Crippen LogP contribution is -2.24. The lowest BCUT2D eigenvalue weighted by Gasteiger charge is -2.12. The van der Waals surface area contributed by atoms with E-state index in [1.165, 1.54) is 30.0 Å². The zero-order valence-electron chi connectivity index (χ0n) is 17.9. The highest BCUT2D eigenvalue weighted by atomic mass is 32.2. The second-order valence-corrected chi connectivity index (χ2v) is 8.29. The third-order valence-electron chi connectivity index (χ3n) is 4.88. The fraction of sp³-hybridized carbons (Fsp3) is 0.120. The number of ketones is 1. The molecule has 1 aromatic heterocycles. The van der Waals surface area contributed by atoms with Gasteiger partial charge in [0.05, 0.1) is 12.3 Å². The van der Waals surface area contributed by atoms with Crippen molar-refractivity contribution in [2.45, 2.75) is 18.6 Å². The maximum Gasteiger partial charge on any atom is 0.251 e. The van der Waals surface area contributed by atoms with E-state index in [2.05, 4.69) is 15.5 Å². The van der Waals surface area contributed by atoms with Crippen LogP contribution in [0.5, 0.6) is 0 Å². The Bertz CT molecular complexity index is 1290. The zero-order valence-corrected chi connectivity index (χ0v) is 18.7. The lowest BCUT2D eigenvalue weighted by molar-refractivity contribution is 0.0948. The van der Waals surface area contributed by atoms with E-state index in [1.54, 1.807) is 18.2 Å². The summed E-state index contributed by atoms with van der Waals surface area (Å²) >= 11 is 1.28. The van der Waals surface area contributed by atoms with Gasteiger partial charge in [0.1, 0.15) is 5.82 Å². The predicted octanol–water partition coefficient (Wildman–Crippen LogP) is 4.62. The summed E-state index contributed by atoms with van der Waals surface area (Å²) in [7, 11) is 0. The van der Waals surface area contributed by atoms with E-state index in [4.69, 9.17) is 0 Å². The Morgan fingerprint density at radius 1 is 0.939 bits per heavy atom. The number of nitrogens with zero attached hydrogens (tertiary/aromatic N) is 3. The largest absolute Gasteiger partial charge is 0.345 e.